The third-order valence-corrected chi connectivity index (χ3v) is 7.99. The van der Waals surface area contributed by atoms with Crippen molar-refractivity contribution in [1.29, 1.82) is 0 Å². The van der Waals surface area contributed by atoms with Gasteiger partial charge >= 0.3 is 0 Å². The lowest BCUT2D eigenvalue weighted by molar-refractivity contribution is -0.125. The van der Waals surface area contributed by atoms with E-state index < -0.39 is 0 Å². The second-order valence-electron chi connectivity index (χ2n) is 9.48. The van der Waals surface area contributed by atoms with Crippen LogP contribution in [0.25, 0.3) is 0 Å². The molecule has 1 saturated heterocycles. The maximum atomic E-state index is 13.6. The van der Waals surface area contributed by atoms with Crippen molar-refractivity contribution in [2.45, 2.75) is 24.2 Å². The number of amides is 3. The Kier molecular flexibility index (Phi) is 7.69. The number of thioether (sulfide) groups is 1. The molecule has 1 atom stereocenters. The smallest absolute Gasteiger partial charge is 0.268 e. The summed E-state index contributed by atoms with van der Waals surface area (Å²) in [7, 11) is 1.65. The molecule has 3 aromatic carbocycles. The first-order chi connectivity index (χ1) is 18.5. The number of imide groups is 1. The number of carbonyl (C=O) groups excluding carboxylic acids is 3. The number of rotatable bonds is 8. The fourth-order valence-electron chi connectivity index (χ4n) is 5.28. The lowest BCUT2D eigenvalue weighted by Gasteiger charge is -2.34. The number of nitrogens with zero attached hydrogens (tertiary/aromatic N) is 2. The molecule has 2 heterocycles. The van der Waals surface area contributed by atoms with E-state index in [1.54, 1.807) is 37.1 Å². The highest BCUT2D eigenvalue weighted by molar-refractivity contribution is 7.98. The molecule has 0 radical (unpaired) electrons. The summed E-state index contributed by atoms with van der Waals surface area (Å²) in [6.45, 7) is 1.75. The van der Waals surface area contributed by atoms with Gasteiger partial charge in [-0.3, -0.25) is 14.4 Å². The molecule has 0 bridgehead atoms. The summed E-state index contributed by atoms with van der Waals surface area (Å²) in [4.78, 5) is 44.3. The molecule has 1 N–H and O–H groups in total. The summed E-state index contributed by atoms with van der Waals surface area (Å²) in [5, 5.41) is 3.08. The molecule has 1 unspecified atom stereocenters. The first-order valence-electron chi connectivity index (χ1n) is 12.8. The summed E-state index contributed by atoms with van der Waals surface area (Å²) in [5.41, 5.74) is 3.16. The first kappa shape index (κ1) is 25.9. The molecule has 38 heavy (non-hydrogen) atoms. The molecular formula is C30H31N3O4S. The van der Waals surface area contributed by atoms with Crippen LogP contribution in [0.5, 0.6) is 5.75 Å². The Balaban J connectivity index is 1.29. The van der Waals surface area contributed by atoms with Gasteiger partial charge in [-0.15, -0.1) is 11.8 Å². The van der Waals surface area contributed by atoms with Crippen LogP contribution in [0.2, 0.25) is 0 Å². The number of carbonyl (C=O) groups is 3. The molecular weight excluding hydrogens is 498 g/mol. The van der Waals surface area contributed by atoms with Crippen molar-refractivity contribution in [2.75, 3.05) is 42.8 Å². The lowest BCUT2D eigenvalue weighted by atomic mass is 9.95. The highest BCUT2D eigenvalue weighted by Crippen LogP contribution is 2.36. The molecule has 196 valence electrons. The SMILES string of the molecule is COc1ccccc1CCNC(=O)C1CCCN(c2cccc3c2C(=O)N(c2ccc(SC)cc2)C3=O)C1. The van der Waals surface area contributed by atoms with Gasteiger partial charge in [-0.05, 0) is 73.5 Å². The fraction of sp³-hybridized carbons (Fsp3) is 0.300. The molecule has 7 nitrogen and oxygen atoms in total. The van der Waals surface area contributed by atoms with Crippen LogP contribution in [0.3, 0.4) is 0 Å². The Hall–Kier alpha value is -3.78. The van der Waals surface area contributed by atoms with Gasteiger partial charge < -0.3 is 15.0 Å². The van der Waals surface area contributed by atoms with Gasteiger partial charge in [-0.25, -0.2) is 4.90 Å². The highest BCUT2D eigenvalue weighted by atomic mass is 32.2. The van der Waals surface area contributed by atoms with Gasteiger partial charge in [0.05, 0.1) is 35.5 Å². The predicted molar refractivity (Wildman–Crippen MR) is 150 cm³/mol. The molecule has 5 rings (SSSR count). The minimum Gasteiger partial charge on any atom is -0.496 e. The number of methoxy groups -OCH3 is 1. The van der Waals surface area contributed by atoms with Gasteiger partial charge in [0.25, 0.3) is 11.8 Å². The summed E-state index contributed by atoms with van der Waals surface area (Å²) in [6, 6.07) is 20.6. The van der Waals surface area contributed by atoms with Crippen molar-refractivity contribution in [3.63, 3.8) is 0 Å². The van der Waals surface area contributed by atoms with Crippen LogP contribution in [0, 0.1) is 5.92 Å². The van der Waals surface area contributed by atoms with E-state index in [9.17, 15) is 14.4 Å². The van der Waals surface area contributed by atoms with Gasteiger partial charge in [0.2, 0.25) is 5.91 Å². The second kappa shape index (κ2) is 11.3. The van der Waals surface area contributed by atoms with Gasteiger partial charge in [0, 0.05) is 24.5 Å². The Morgan fingerprint density at radius 2 is 1.82 bits per heavy atom. The standard InChI is InChI=1S/C30H31N3O4S/c1-37-26-11-4-3-7-20(26)16-17-31-28(34)21-8-6-18-32(19-21)25-10-5-9-24-27(25)30(36)33(29(24)35)22-12-14-23(38-2)15-13-22/h3-5,7,9-15,21H,6,8,16-19H2,1-2H3,(H,31,34). The monoisotopic (exact) mass is 529 g/mol. The zero-order valence-electron chi connectivity index (χ0n) is 21.6. The normalized spacial score (nSPS) is 16.9. The third kappa shape index (κ3) is 5.00. The average molecular weight is 530 g/mol. The zero-order chi connectivity index (χ0) is 26.6. The van der Waals surface area contributed by atoms with E-state index in [4.69, 9.17) is 4.74 Å². The van der Waals surface area contributed by atoms with E-state index in [0.717, 1.165) is 41.3 Å². The molecule has 1 fully saturated rings. The van der Waals surface area contributed by atoms with Crippen molar-refractivity contribution in [2.24, 2.45) is 5.92 Å². The van der Waals surface area contributed by atoms with Gasteiger partial charge in [0.15, 0.2) is 0 Å². The lowest BCUT2D eigenvalue weighted by Crippen LogP contribution is -2.44. The average Bonchev–Trinajstić information content (AvgIpc) is 3.22. The predicted octanol–water partition coefficient (Wildman–Crippen LogP) is 4.79. The molecule has 2 aliphatic rings. The number of anilines is 2. The minimum atomic E-state index is -0.319. The maximum absolute atomic E-state index is 13.6. The van der Waals surface area contributed by atoms with Gasteiger partial charge in [-0.1, -0.05) is 24.3 Å². The van der Waals surface area contributed by atoms with Crippen LogP contribution < -0.4 is 19.9 Å². The molecule has 0 aromatic heterocycles. The quantitative estimate of drug-likeness (QED) is 0.334. The summed E-state index contributed by atoms with van der Waals surface area (Å²) < 4.78 is 5.41. The number of benzene rings is 3. The highest BCUT2D eigenvalue weighted by Gasteiger charge is 2.40. The number of ether oxygens (including phenoxy) is 1. The molecule has 8 heteroatoms. The number of fused-ring (bicyclic) bond motifs is 1. The van der Waals surface area contributed by atoms with E-state index in [2.05, 4.69) is 10.2 Å². The van der Waals surface area contributed by atoms with E-state index in [1.165, 1.54) is 4.90 Å². The minimum absolute atomic E-state index is 0.00934. The molecule has 0 saturated carbocycles. The Labute approximate surface area is 227 Å². The van der Waals surface area contributed by atoms with Crippen LogP contribution in [0.4, 0.5) is 11.4 Å². The Morgan fingerprint density at radius 1 is 1.03 bits per heavy atom. The molecule has 0 spiro atoms. The van der Waals surface area contributed by atoms with Crippen molar-refractivity contribution in [1.82, 2.24) is 5.32 Å². The topological polar surface area (TPSA) is 79.0 Å². The fourth-order valence-corrected chi connectivity index (χ4v) is 5.69. The van der Waals surface area contributed by atoms with E-state index in [-0.39, 0.29) is 23.6 Å². The van der Waals surface area contributed by atoms with Crippen molar-refractivity contribution < 1.29 is 19.1 Å². The van der Waals surface area contributed by atoms with Crippen molar-refractivity contribution >= 4 is 40.9 Å². The molecule has 3 amide bonds. The van der Waals surface area contributed by atoms with E-state index in [1.807, 2.05) is 54.8 Å². The molecule has 3 aromatic rings. The summed E-state index contributed by atoms with van der Waals surface area (Å²) in [6.07, 6.45) is 4.28. The number of nitrogens with one attached hydrogen (secondary N) is 1. The third-order valence-electron chi connectivity index (χ3n) is 7.24. The number of para-hydroxylation sites is 1. The summed E-state index contributed by atoms with van der Waals surface area (Å²) >= 11 is 1.60. The largest absolute Gasteiger partial charge is 0.496 e. The Bertz CT molecular complexity index is 1360. The van der Waals surface area contributed by atoms with Crippen LogP contribution in [-0.2, 0) is 11.2 Å². The Morgan fingerprint density at radius 3 is 2.58 bits per heavy atom. The van der Waals surface area contributed by atoms with Crippen molar-refractivity contribution in [3.8, 4) is 5.75 Å². The van der Waals surface area contributed by atoms with Crippen molar-refractivity contribution in [3.05, 3.63) is 83.4 Å². The number of hydrogen-bond acceptors (Lipinski definition) is 6. The van der Waals surface area contributed by atoms with Crippen LogP contribution in [0.1, 0.15) is 39.1 Å². The number of piperidine rings is 1. The van der Waals surface area contributed by atoms with E-state index >= 15 is 0 Å². The van der Waals surface area contributed by atoms with Crippen LogP contribution in [-0.4, -0.2) is 50.7 Å². The van der Waals surface area contributed by atoms with Gasteiger partial charge in [-0.2, -0.15) is 0 Å². The van der Waals surface area contributed by atoms with Crippen LogP contribution in [0.15, 0.2) is 71.6 Å². The maximum Gasteiger partial charge on any atom is 0.268 e. The molecule has 2 aliphatic heterocycles. The first-order valence-corrected chi connectivity index (χ1v) is 14.0. The second-order valence-corrected chi connectivity index (χ2v) is 10.4. The van der Waals surface area contributed by atoms with E-state index in [0.29, 0.717) is 36.3 Å². The van der Waals surface area contributed by atoms with Gasteiger partial charge in [0.1, 0.15) is 5.75 Å². The zero-order valence-corrected chi connectivity index (χ0v) is 22.4. The number of hydrogen-bond donors (Lipinski definition) is 1. The molecule has 0 aliphatic carbocycles. The summed E-state index contributed by atoms with van der Waals surface area (Å²) in [5.74, 6) is -0.000910. The van der Waals surface area contributed by atoms with Crippen LogP contribution >= 0.6 is 11.8 Å².